The fourth-order valence-corrected chi connectivity index (χ4v) is 2.25. The Hall–Kier alpha value is -0.120. The predicted octanol–water partition coefficient (Wildman–Crippen LogP) is 2.33. The number of aliphatic hydroxyl groups excluding tert-OH is 1. The molecule has 1 atom stereocenters. The Labute approximate surface area is 106 Å². The zero-order valence-electron chi connectivity index (χ0n) is 11.7. The van der Waals surface area contributed by atoms with E-state index in [1.807, 2.05) is 0 Å². The summed E-state index contributed by atoms with van der Waals surface area (Å²) in [6.45, 7) is 8.38. The molecule has 17 heavy (non-hydrogen) atoms. The summed E-state index contributed by atoms with van der Waals surface area (Å²) >= 11 is 0. The molecule has 1 saturated carbocycles. The maximum atomic E-state index is 9.58. The molecule has 1 rings (SSSR count). The van der Waals surface area contributed by atoms with Crippen molar-refractivity contribution in [1.29, 1.82) is 0 Å². The van der Waals surface area contributed by atoms with E-state index in [4.69, 9.17) is 4.74 Å². The van der Waals surface area contributed by atoms with Crippen molar-refractivity contribution >= 4 is 0 Å². The maximum absolute atomic E-state index is 9.58. The third kappa shape index (κ3) is 5.84. The van der Waals surface area contributed by atoms with E-state index in [0.29, 0.717) is 6.04 Å². The molecule has 0 aromatic heterocycles. The van der Waals surface area contributed by atoms with Gasteiger partial charge < -0.3 is 15.2 Å². The average Bonchev–Trinajstić information content (AvgIpc) is 3.10. The molecule has 0 aromatic rings. The highest BCUT2D eigenvalue weighted by molar-refractivity contribution is 4.87. The Morgan fingerprint density at radius 3 is 2.59 bits per heavy atom. The van der Waals surface area contributed by atoms with Crippen LogP contribution in [0.25, 0.3) is 0 Å². The van der Waals surface area contributed by atoms with Gasteiger partial charge in [-0.15, -0.1) is 0 Å². The first kappa shape index (κ1) is 14.9. The second kappa shape index (κ2) is 7.34. The molecule has 3 nitrogen and oxygen atoms in total. The summed E-state index contributed by atoms with van der Waals surface area (Å²) in [4.78, 5) is 0. The van der Waals surface area contributed by atoms with Crippen LogP contribution in [0.1, 0.15) is 52.9 Å². The zero-order chi connectivity index (χ0) is 12.7. The summed E-state index contributed by atoms with van der Waals surface area (Å²) < 4.78 is 5.64. The van der Waals surface area contributed by atoms with Gasteiger partial charge in [0.15, 0.2) is 0 Å². The van der Waals surface area contributed by atoms with Crippen molar-refractivity contribution in [2.75, 3.05) is 19.8 Å². The third-order valence-electron chi connectivity index (χ3n) is 3.57. The van der Waals surface area contributed by atoms with Crippen molar-refractivity contribution in [2.24, 2.45) is 5.92 Å². The van der Waals surface area contributed by atoms with Gasteiger partial charge in [-0.05, 0) is 38.0 Å². The van der Waals surface area contributed by atoms with Crippen molar-refractivity contribution in [2.45, 2.75) is 64.5 Å². The molecule has 0 bridgehead atoms. The monoisotopic (exact) mass is 243 g/mol. The lowest BCUT2D eigenvalue weighted by molar-refractivity contribution is 0.0940. The van der Waals surface area contributed by atoms with Crippen molar-refractivity contribution in [3.63, 3.8) is 0 Å². The second-order valence-corrected chi connectivity index (χ2v) is 5.71. The molecule has 3 heteroatoms. The van der Waals surface area contributed by atoms with Crippen LogP contribution in [-0.4, -0.2) is 36.5 Å². The zero-order valence-corrected chi connectivity index (χ0v) is 11.7. The molecule has 2 N–H and O–H groups in total. The van der Waals surface area contributed by atoms with Crippen LogP contribution in [0.2, 0.25) is 0 Å². The highest BCUT2D eigenvalue weighted by Gasteiger charge is 2.27. The smallest absolute Gasteiger partial charge is 0.0613 e. The molecular formula is C14H29NO2. The van der Waals surface area contributed by atoms with Gasteiger partial charge >= 0.3 is 0 Å². The van der Waals surface area contributed by atoms with Gasteiger partial charge in [-0.3, -0.25) is 0 Å². The van der Waals surface area contributed by atoms with Gasteiger partial charge in [0.1, 0.15) is 0 Å². The van der Waals surface area contributed by atoms with E-state index in [9.17, 15) is 5.11 Å². The Morgan fingerprint density at radius 2 is 2.12 bits per heavy atom. The van der Waals surface area contributed by atoms with E-state index in [0.717, 1.165) is 38.4 Å². The van der Waals surface area contributed by atoms with Crippen LogP contribution in [0.3, 0.4) is 0 Å². The highest BCUT2D eigenvalue weighted by Crippen LogP contribution is 2.29. The summed E-state index contributed by atoms with van der Waals surface area (Å²) in [7, 11) is 0. The molecule has 0 aromatic carbocycles. The molecule has 0 radical (unpaired) electrons. The van der Waals surface area contributed by atoms with Gasteiger partial charge in [0.05, 0.1) is 6.61 Å². The van der Waals surface area contributed by atoms with Gasteiger partial charge in [-0.25, -0.2) is 0 Å². The third-order valence-corrected chi connectivity index (χ3v) is 3.57. The topological polar surface area (TPSA) is 41.5 Å². The van der Waals surface area contributed by atoms with E-state index >= 15 is 0 Å². The predicted molar refractivity (Wildman–Crippen MR) is 71.2 cm³/mol. The molecule has 102 valence electrons. The van der Waals surface area contributed by atoms with E-state index in [1.54, 1.807) is 0 Å². The fraction of sp³-hybridized carbons (Fsp3) is 1.00. The lowest BCUT2D eigenvalue weighted by Gasteiger charge is -2.34. The van der Waals surface area contributed by atoms with E-state index in [1.165, 1.54) is 12.8 Å². The number of nitrogens with one attached hydrogen (secondary N) is 1. The van der Waals surface area contributed by atoms with Crippen LogP contribution < -0.4 is 5.32 Å². The van der Waals surface area contributed by atoms with E-state index < -0.39 is 0 Å². The van der Waals surface area contributed by atoms with Gasteiger partial charge in [0, 0.05) is 24.8 Å². The van der Waals surface area contributed by atoms with Crippen LogP contribution in [0.15, 0.2) is 0 Å². The Kier molecular flexibility index (Phi) is 6.45. The Balaban J connectivity index is 2.17. The summed E-state index contributed by atoms with van der Waals surface area (Å²) in [6, 6.07) is 0.412. The number of ether oxygens (including phenoxy) is 1. The molecule has 1 aliphatic rings. The minimum atomic E-state index is -0.114. The first-order chi connectivity index (χ1) is 8.12. The molecule has 0 heterocycles. The van der Waals surface area contributed by atoms with Crippen LogP contribution in [-0.2, 0) is 4.74 Å². The number of rotatable bonds is 10. The average molecular weight is 243 g/mol. The summed E-state index contributed by atoms with van der Waals surface area (Å²) in [5.41, 5.74) is -0.114. The number of hydrogen-bond donors (Lipinski definition) is 2. The molecule has 0 saturated heterocycles. The van der Waals surface area contributed by atoms with Crippen LogP contribution in [0.4, 0.5) is 0 Å². The van der Waals surface area contributed by atoms with Crippen molar-refractivity contribution in [3.05, 3.63) is 0 Å². The molecule has 0 amide bonds. The van der Waals surface area contributed by atoms with Gasteiger partial charge in [0.25, 0.3) is 0 Å². The molecule has 0 spiro atoms. The molecule has 0 aliphatic heterocycles. The lowest BCUT2D eigenvalue weighted by atomic mass is 9.90. The largest absolute Gasteiger partial charge is 0.394 e. The Morgan fingerprint density at radius 1 is 1.41 bits per heavy atom. The summed E-state index contributed by atoms with van der Waals surface area (Å²) in [6.07, 6.45) is 5.68. The maximum Gasteiger partial charge on any atom is 0.0613 e. The van der Waals surface area contributed by atoms with Crippen molar-refractivity contribution in [1.82, 2.24) is 5.32 Å². The van der Waals surface area contributed by atoms with E-state index in [2.05, 4.69) is 26.1 Å². The Bertz CT molecular complexity index is 198. The number of aliphatic hydroxyl groups is 1. The van der Waals surface area contributed by atoms with E-state index in [-0.39, 0.29) is 12.1 Å². The minimum absolute atomic E-state index is 0.114. The molecule has 1 aliphatic carbocycles. The van der Waals surface area contributed by atoms with Crippen LogP contribution >= 0.6 is 0 Å². The first-order valence-electron chi connectivity index (χ1n) is 7.08. The normalized spacial score (nSPS) is 19.6. The minimum Gasteiger partial charge on any atom is -0.394 e. The second-order valence-electron chi connectivity index (χ2n) is 5.71. The fourth-order valence-electron chi connectivity index (χ4n) is 2.25. The quantitative estimate of drug-likeness (QED) is 0.579. The SMILES string of the molecule is CCC(CO)(CCCOCC1CC1)NC(C)C. The van der Waals surface area contributed by atoms with Crippen molar-refractivity contribution in [3.8, 4) is 0 Å². The van der Waals surface area contributed by atoms with Gasteiger partial charge in [0.2, 0.25) is 0 Å². The molecule has 1 unspecified atom stereocenters. The first-order valence-corrected chi connectivity index (χ1v) is 7.08. The van der Waals surface area contributed by atoms with Gasteiger partial charge in [-0.1, -0.05) is 20.8 Å². The van der Waals surface area contributed by atoms with Crippen LogP contribution in [0, 0.1) is 5.92 Å². The van der Waals surface area contributed by atoms with Gasteiger partial charge in [-0.2, -0.15) is 0 Å². The van der Waals surface area contributed by atoms with Crippen molar-refractivity contribution < 1.29 is 9.84 Å². The lowest BCUT2D eigenvalue weighted by Crippen LogP contribution is -2.51. The standard InChI is InChI=1S/C14H29NO2/c1-4-14(11-16,15-12(2)3)8-5-9-17-10-13-6-7-13/h12-13,15-16H,4-11H2,1-3H3. The summed E-state index contributed by atoms with van der Waals surface area (Å²) in [5, 5.41) is 13.1. The molecular weight excluding hydrogens is 214 g/mol. The number of hydrogen-bond acceptors (Lipinski definition) is 3. The summed E-state index contributed by atoms with van der Waals surface area (Å²) in [5.74, 6) is 0.845. The molecule has 1 fully saturated rings. The van der Waals surface area contributed by atoms with Crippen LogP contribution in [0.5, 0.6) is 0 Å². The highest BCUT2D eigenvalue weighted by atomic mass is 16.5.